The van der Waals surface area contributed by atoms with Gasteiger partial charge in [-0.2, -0.15) is 0 Å². The second-order valence-electron chi connectivity index (χ2n) is 2.69. The standard InChI is InChI=1S/C10H12IN.ClH/c1-2-4-10(12)8-5-3-6-9(11)7-8;/h2-3,5-7,10H,1,4,12H2;1H/t10-;/m1./s1. The van der Waals surface area contributed by atoms with E-state index in [0.29, 0.717) is 0 Å². The molecule has 3 heteroatoms. The summed E-state index contributed by atoms with van der Waals surface area (Å²) in [5.41, 5.74) is 7.08. The van der Waals surface area contributed by atoms with Gasteiger partial charge in [0.25, 0.3) is 0 Å². The van der Waals surface area contributed by atoms with Crippen LogP contribution in [0.25, 0.3) is 0 Å². The maximum atomic E-state index is 5.90. The summed E-state index contributed by atoms with van der Waals surface area (Å²) in [7, 11) is 0. The highest BCUT2D eigenvalue weighted by Crippen LogP contribution is 2.16. The molecule has 0 aromatic heterocycles. The van der Waals surface area contributed by atoms with Crippen LogP contribution in [0.1, 0.15) is 18.0 Å². The number of benzene rings is 1. The molecule has 0 bridgehead atoms. The summed E-state index contributed by atoms with van der Waals surface area (Å²) >= 11 is 2.29. The molecule has 13 heavy (non-hydrogen) atoms. The van der Waals surface area contributed by atoms with Gasteiger partial charge in [0.15, 0.2) is 0 Å². The molecule has 1 atom stereocenters. The Morgan fingerprint density at radius 3 is 2.77 bits per heavy atom. The van der Waals surface area contributed by atoms with Crippen molar-refractivity contribution in [2.24, 2.45) is 5.73 Å². The monoisotopic (exact) mass is 309 g/mol. The summed E-state index contributed by atoms with van der Waals surface area (Å²) in [4.78, 5) is 0. The number of halogens is 2. The second-order valence-corrected chi connectivity index (χ2v) is 3.93. The normalized spacial score (nSPS) is 11.5. The predicted octanol–water partition coefficient (Wildman–Crippen LogP) is 3.29. The molecule has 0 heterocycles. The molecule has 0 saturated carbocycles. The van der Waals surface area contributed by atoms with E-state index in [0.717, 1.165) is 6.42 Å². The third kappa shape index (κ3) is 4.11. The molecule has 0 unspecified atom stereocenters. The molecule has 0 aliphatic heterocycles. The number of hydrogen-bond acceptors (Lipinski definition) is 1. The minimum atomic E-state index is 0. The van der Waals surface area contributed by atoms with E-state index < -0.39 is 0 Å². The van der Waals surface area contributed by atoms with Crippen molar-refractivity contribution in [3.05, 3.63) is 46.1 Å². The van der Waals surface area contributed by atoms with Crippen molar-refractivity contribution in [3.8, 4) is 0 Å². The highest BCUT2D eigenvalue weighted by Gasteiger charge is 2.02. The van der Waals surface area contributed by atoms with E-state index in [4.69, 9.17) is 5.73 Å². The Balaban J connectivity index is 0.00000144. The van der Waals surface area contributed by atoms with Gasteiger partial charge in [0.05, 0.1) is 0 Å². The van der Waals surface area contributed by atoms with Crippen molar-refractivity contribution in [2.45, 2.75) is 12.5 Å². The van der Waals surface area contributed by atoms with Gasteiger partial charge in [-0.1, -0.05) is 18.2 Å². The third-order valence-electron chi connectivity index (χ3n) is 1.70. The Hall–Kier alpha value is -0.0600. The van der Waals surface area contributed by atoms with Gasteiger partial charge in [0.2, 0.25) is 0 Å². The van der Waals surface area contributed by atoms with Gasteiger partial charge in [-0.05, 0) is 46.7 Å². The van der Waals surface area contributed by atoms with Crippen LogP contribution in [0.4, 0.5) is 0 Å². The van der Waals surface area contributed by atoms with Gasteiger partial charge in [0, 0.05) is 9.61 Å². The predicted molar refractivity (Wildman–Crippen MR) is 68.1 cm³/mol. The van der Waals surface area contributed by atoms with Crippen molar-refractivity contribution in [1.82, 2.24) is 0 Å². The van der Waals surface area contributed by atoms with Crippen LogP contribution >= 0.6 is 35.0 Å². The van der Waals surface area contributed by atoms with Crippen LogP contribution in [-0.4, -0.2) is 0 Å². The molecule has 72 valence electrons. The molecule has 1 rings (SSSR count). The first-order valence-electron chi connectivity index (χ1n) is 3.86. The topological polar surface area (TPSA) is 26.0 Å². The molecule has 1 aromatic rings. The number of nitrogens with two attached hydrogens (primary N) is 1. The molecule has 0 aliphatic rings. The van der Waals surface area contributed by atoms with Crippen LogP contribution in [-0.2, 0) is 0 Å². The Bertz CT molecular complexity index is 275. The minimum absolute atomic E-state index is 0. The smallest absolute Gasteiger partial charge is 0.0330 e. The molecule has 0 spiro atoms. The zero-order valence-corrected chi connectivity index (χ0v) is 10.2. The van der Waals surface area contributed by atoms with Gasteiger partial charge >= 0.3 is 0 Å². The molecule has 2 N–H and O–H groups in total. The van der Waals surface area contributed by atoms with E-state index >= 15 is 0 Å². The van der Waals surface area contributed by atoms with E-state index in [-0.39, 0.29) is 18.4 Å². The fraction of sp³-hybridized carbons (Fsp3) is 0.200. The molecule has 0 saturated heterocycles. The lowest BCUT2D eigenvalue weighted by Crippen LogP contribution is -2.08. The van der Waals surface area contributed by atoms with E-state index in [9.17, 15) is 0 Å². The lowest BCUT2D eigenvalue weighted by Gasteiger charge is -2.08. The van der Waals surface area contributed by atoms with Gasteiger partial charge in [-0.3, -0.25) is 0 Å². The van der Waals surface area contributed by atoms with Crippen molar-refractivity contribution in [3.63, 3.8) is 0 Å². The van der Waals surface area contributed by atoms with Crippen LogP contribution in [0.15, 0.2) is 36.9 Å². The first kappa shape index (κ1) is 12.9. The molecule has 0 radical (unpaired) electrons. The summed E-state index contributed by atoms with van der Waals surface area (Å²) in [5, 5.41) is 0. The second kappa shape index (κ2) is 6.40. The lowest BCUT2D eigenvalue weighted by molar-refractivity contribution is 0.741. The van der Waals surface area contributed by atoms with Crippen LogP contribution in [0.2, 0.25) is 0 Å². The van der Waals surface area contributed by atoms with Crippen molar-refractivity contribution in [1.29, 1.82) is 0 Å². The quantitative estimate of drug-likeness (QED) is 0.673. The Morgan fingerprint density at radius 1 is 1.54 bits per heavy atom. The Labute approximate surface area is 99.0 Å². The minimum Gasteiger partial charge on any atom is -0.324 e. The van der Waals surface area contributed by atoms with Crippen LogP contribution in [0.3, 0.4) is 0 Å². The van der Waals surface area contributed by atoms with Gasteiger partial charge in [0.1, 0.15) is 0 Å². The van der Waals surface area contributed by atoms with Crippen molar-refractivity contribution in [2.75, 3.05) is 0 Å². The third-order valence-corrected chi connectivity index (χ3v) is 2.37. The van der Waals surface area contributed by atoms with E-state index in [2.05, 4.69) is 47.4 Å². The number of hydrogen-bond donors (Lipinski definition) is 1. The summed E-state index contributed by atoms with van der Waals surface area (Å²) in [5.74, 6) is 0. The van der Waals surface area contributed by atoms with Crippen molar-refractivity contribution >= 4 is 35.0 Å². The van der Waals surface area contributed by atoms with Gasteiger partial charge in [-0.25, -0.2) is 0 Å². The highest BCUT2D eigenvalue weighted by atomic mass is 127. The van der Waals surface area contributed by atoms with Gasteiger partial charge < -0.3 is 5.73 Å². The van der Waals surface area contributed by atoms with Crippen LogP contribution in [0, 0.1) is 3.57 Å². The zero-order chi connectivity index (χ0) is 8.97. The summed E-state index contributed by atoms with van der Waals surface area (Å²) in [6, 6.07) is 8.34. The lowest BCUT2D eigenvalue weighted by atomic mass is 10.1. The summed E-state index contributed by atoms with van der Waals surface area (Å²) < 4.78 is 1.23. The zero-order valence-electron chi connectivity index (χ0n) is 7.24. The molecular weight excluding hydrogens is 296 g/mol. The van der Waals surface area contributed by atoms with Gasteiger partial charge in [-0.15, -0.1) is 19.0 Å². The number of rotatable bonds is 3. The Morgan fingerprint density at radius 2 is 2.23 bits per heavy atom. The highest BCUT2D eigenvalue weighted by molar-refractivity contribution is 14.1. The van der Waals surface area contributed by atoms with E-state index in [1.54, 1.807) is 0 Å². The van der Waals surface area contributed by atoms with Crippen LogP contribution in [0.5, 0.6) is 0 Å². The average Bonchev–Trinajstić information content (AvgIpc) is 2.05. The van der Waals surface area contributed by atoms with Crippen molar-refractivity contribution < 1.29 is 0 Å². The molecule has 0 fully saturated rings. The first-order chi connectivity index (χ1) is 5.74. The maximum Gasteiger partial charge on any atom is 0.0330 e. The van der Waals surface area contributed by atoms with Crippen LogP contribution < -0.4 is 5.73 Å². The average molecular weight is 310 g/mol. The molecular formula is C10H13ClIN. The molecule has 0 aliphatic carbocycles. The largest absolute Gasteiger partial charge is 0.324 e. The first-order valence-corrected chi connectivity index (χ1v) is 4.94. The fourth-order valence-electron chi connectivity index (χ4n) is 1.05. The summed E-state index contributed by atoms with van der Waals surface area (Å²) in [6.45, 7) is 3.67. The maximum absolute atomic E-state index is 5.90. The van der Waals surface area contributed by atoms with E-state index in [1.807, 2.05) is 12.1 Å². The molecule has 0 amide bonds. The molecule has 1 nitrogen and oxygen atoms in total. The SMILES string of the molecule is C=CC[C@@H](N)c1cccc(I)c1.Cl. The fourth-order valence-corrected chi connectivity index (χ4v) is 1.62. The molecule has 1 aromatic carbocycles. The summed E-state index contributed by atoms with van der Waals surface area (Å²) in [6.07, 6.45) is 2.69. The van der Waals surface area contributed by atoms with E-state index in [1.165, 1.54) is 9.13 Å². The Kier molecular flexibility index (Phi) is 6.37.